The molecule has 1 amide bonds. The number of benzene rings is 2. The van der Waals surface area contributed by atoms with Gasteiger partial charge in [-0.15, -0.1) is 0 Å². The van der Waals surface area contributed by atoms with Gasteiger partial charge < -0.3 is 5.32 Å². The maximum atomic E-state index is 13.6. The quantitative estimate of drug-likeness (QED) is 0.750. The van der Waals surface area contributed by atoms with Crippen LogP contribution in [-0.4, -0.2) is 16.1 Å². The van der Waals surface area contributed by atoms with Crippen molar-refractivity contribution >= 4 is 22.5 Å². The second-order valence-electron chi connectivity index (χ2n) is 4.61. The van der Waals surface area contributed by atoms with Crippen molar-refractivity contribution < 1.29 is 9.18 Å². The van der Waals surface area contributed by atoms with Crippen molar-refractivity contribution in [3.8, 4) is 0 Å². The molecule has 0 aliphatic heterocycles. The third-order valence-electron chi connectivity index (χ3n) is 3.07. The van der Waals surface area contributed by atoms with E-state index >= 15 is 0 Å². The number of aryl methyl sites for hydroxylation is 1. The number of carbonyl (C=O) groups is 1. The molecule has 0 aliphatic carbocycles. The summed E-state index contributed by atoms with van der Waals surface area (Å²) < 4.78 is 13.6. The molecular weight excluding hydrogens is 257 g/mol. The van der Waals surface area contributed by atoms with Gasteiger partial charge in [-0.1, -0.05) is 12.1 Å². The van der Waals surface area contributed by atoms with Gasteiger partial charge in [0.15, 0.2) is 0 Å². The van der Waals surface area contributed by atoms with E-state index in [1.807, 2.05) is 6.92 Å². The van der Waals surface area contributed by atoms with Crippen LogP contribution in [0.1, 0.15) is 15.9 Å². The number of nitrogens with one attached hydrogen (secondary N) is 2. The van der Waals surface area contributed by atoms with Crippen molar-refractivity contribution in [3.05, 3.63) is 59.5 Å². The Morgan fingerprint density at radius 3 is 2.95 bits per heavy atom. The van der Waals surface area contributed by atoms with Crippen molar-refractivity contribution in [1.82, 2.24) is 10.2 Å². The third-order valence-corrected chi connectivity index (χ3v) is 3.07. The van der Waals surface area contributed by atoms with Crippen molar-refractivity contribution in [1.29, 1.82) is 0 Å². The molecule has 0 radical (unpaired) electrons. The number of aromatic nitrogens is 2. The van der Waals surface area contributed by atoms with Crippen LogP contribution in [0.4, 0.5) is 10.1 Å². The van der Waals surface area contributed by atoms with Crippen LogP contribution in [0.2, 0.25) is 0 Å². The Balaban J connectivity index is 1.90. The summed E-state index contributed by atoms with van der Waals surface area (Å²) in [6.07, 6.45) is 1.68. The van der Waals surface area contributed by atoms with E-state index in [0.717, 1.165) is 16.5 Å². The number of fused-ring (bicyclic) bond motifs is 1. The number of nitrogens with zero attached hydrogens (tertiary/aromatic N) is 1. The zero-order valence-corrected chi connectivity index (χ0v) is 10.8. The van der Waals surface area contributed by atoms with Gasteiger partial charge in [-0.25, -0.2) is 4.39 Å². The van der Waals surface area contributed by atoms with Gasteiger partial charge in [0, 0.05) is 10.9 Å². The van der Waals surface area contributed by atoms with E-state index in [2.05, 4.69) is 15.5 Å². The number of H-pyrrole nitrogens is 1. The van der Waals surface area contributed by atoms with Crippen molar-refractivity contribution in [3.63, 3.8) is 0 Å². The topological polar surface area (TPSA) is 57.8 Å². The van der Waals surface area contributed by atoms with Gasteiger partial charge in [-0.05, 0) is 36.8 Å². The van der Waals surface area contributed by atoms with E-state index in [-0.39, 0.29) is 11.6 Å². The maximum absolute atomic E-state index is 13.6. The zero-order valence-electron chi connectivity index (χ0n) is 10.8. The zero-order chi connectivity index (χ0) is 14.1. The highest BCUT2D eigenvalue weighted by Crippen LogP contribution is 2.18. The summed E-state index contributed by atoms with van der Waals surface area (Å²) in [7, 11) is 0. The molecule has 0 atom stereocenters. The van der Waals surface area contributed by atoms with E-state index < -0.39 is 5.82 Å². The first kappa shape index (κ1) is 12.3. The van der Waals surface area contributed by atoms with Crippen LogP contribution in [-0.2, 0) is 0 Å². The fourth-order valence-corrected chi connectivity index (χ4v) is 2.01. The van der Waals surface area contributed by atoms with Gasteiger partial charge in [0.1, 0.15) is 5.82 Å². The first-order chi connectivity index (χ1) is 9.63. The monoisotopic (exact) mass is 269 g/mol. The maximum Gasteiger partial charge on any atom is 0.255 e. The molecular formula is C15H12FN3O. The van der Waals surface area contributed by atoms with Crippen LogP contribution in [0.3, 0.4) is 0 Å². The summed E-state index contributed by atoms with van der Waals surface area (Å²) in [4.78, 5) is 12.1. The summed E-state index contributed by atoms with van der Waals surface area (Å²) >= 11 is 0. The highest BCUT2D eigenvalue weighted by molar-refractivity contribution is 6.06. The fraction of sp³-hybridized carbons (Fsp3) is 0.0667. The predicted octanol–water partition coefficient (Wildman–Crippen LogP) is 3.26. The molecule has 2 aromatic carbocycles. The van der Waals surface area contributed by atoms with Gasteiger partial charge >= 0.3 is 0 Å². The summed E-state index contributed by atoms with van der Waals surface area (Å²) in [6, 6.07) is 9.75. The Hall–Kier alpha value is -2.69. The van der Waals surface area contributed by atoms with Gasteiger partial charge in [-0.3, -0.25) is 9.89 Å². The minimum atomic E-state index is -0.452. The summed E-state index contributed by atoms with van der Waals surface area (Å²) in [5.74, 6) is -0.808. The molecule has 20 heavy (non-hydrogen) atoms. The summed E-state index contributed by atoms with van der Waals surface area (Å²) in [5.41, 5.74) is 2.27. The van der Waals surface area contributed by atoms with Crippen LogP contribution in [0.15, 0.2) is 42.6 Å². The molecule has 0 aliphatic rings. The molecule has 1 aromatic heterocycles. The van der Waals surface area contributed by atoms with E-state index in [1.54, 1.807) is 36.5 Å². The molecule has 0 saturated heterocycles. The molecule has 0 saturated carbocycles. The van der Waals surface area contributed by atoms with Crippen molar-refractivity contribution in [2.24, 2.45) is 0 Å². The summed E-state index contributed by atoms with van der Waals surface area (Å²) in [6.45, 7) is 1.84. The Morgan fingerprint density at radius 2 is 2.10 bits per heavy atom. The predicted molar refractivity (Wildman–Crippen MR) is 75.2 cm³/mol. The number of aromatic amines is 1. The molecule has 3 rings (SSSR count). The van der Waals surface area contributed by atoms with Crippen LogP contribution in [0.5, 0.6) is 0 Å². The van der Waals surface area contributed by atoms with Crippen LogP contribution in [0, 0.1) is 12.7 Å². The molecule has 4 nitrogen and oxygen atoms in total. The first-order valence-electron chi connectivity index (χ1n) is 6.14. The molecule has 2 N–H and O–H groups in total. The number of halogens is 1. The van der Waals surface area contributed by atoms with Crippen molar-refractivity contribution in [2.45, 2.75) is 6.92 Å². The average Bonchev–Trinajstić information content (AvgIpc) is 2.90. The van der Waals surface area contributed by atoms with Gasteiger partial charge in [0.25, 0.3) is 5.91 Å². The fourth-order valence-electron chi connectivity index (χ4n) is 2.01. The molecule has 5 heteroatoms. The number of amides is 1. The van der Waals surface area contributed by atoms with E-state index in [9.17, 15) is 9.18 Å². The lowest BCUT2D eigenvalue weighted by Crippen LogP contribution is -2.13. The third kappa shape index (κ3) is 2.25. The SMILES string of the molecule is Cc1ccc(F)c(NC(=O)c2ccc3cn[nH]c3c2)c1. The van der Waals surface area contributed by atoms with Gasteiger partial charge in [0.05, 0.1) is 17.4 Å². The molecule has 3 aromatic rings. The molecule has 0 spiro atoms. The van der Waals surface area contributed by atoms with Crippen LogP contribution >= 0.6 is 0 Å². The second kappa shape index (κ2) is 4.77. The van der Waals surface area contributed by atoms with Gasteiger partial charge in [-0.2, -0.15) is 5.10 Å². The standard InChI is InChI=1S/C15H12FN3O/c1-9-2-5-12(16)14(6-9)18-15(20)10-3-4-11-8-17-19-13(11)7-10/h2-8H,1H3,(H,17,19)(H,18,20). The number of hydrogen-bond acceptors (Lipinski definition) is 2. The normalized spacial score (nSPS) is 10.7. The Bertz CT molecular complexity index is 795. The van der Waals surface area contributed by atoms with Crippen LogP contribution in [0.25, 0.3) is 10.9 Å². The van der Waals surface area contributed by atoms with E-state index in [1.165, 1.54) is 6.07 Å². The Labute approximate surface area is 114 Å². The largest absolute Gasteiger partial charge is 0.319 e. The van der Waals surface area contributed by atoms with E-state index in [0.29, 0.717) is 5.56 Å². The van der Waals surface area contributed by atoms with Crippen LogP contribution < -0.4 is 5.32 Å². The second-order valence-corrected chi connectivity index (χ2v) is 4.61. The first-order valence-corrected chi connectivity index (χ1v) is 6.14. The Kier molecular flexibility index (Phi) is 2.95. The summed E-state index contributed by atoms with van der Waals surface area (Å²) in [5, 5.41) is 10.2. The van der Waals surface area contributed by atoms with Gasteiger partial charge in [0.2, 0.25) is 0 Å². The molecule has 0 fully saturated rings. The number of carbonyl (C=O) groups excluding carboxylic acids is 1. The highest BCUT2D eigenvalue weighted by atomic mass is 19.1. The van der Waals surface area contributed by atoms with E-state index in [4.69, 9.17) is 0 Å². The molecule has 0 bridgehead atoms. The van der Waals surface area contributed by atoms with Crippen molar-refractivity contribution in [2.75, 3.05) is 5.32 Å². The minimum Gasteiger partial charge on any atom is -0.319 e. The highest BCUT2D eigenvalue weighted by Gasteiger charge is 2.10. The number of hydrogen-bond donors (Lipinski definition) is 2. The molecule has 0 unspecified atom stereocenters. The molecule has 100 valence electrons. The number of anilines is 1. The lowest BCUT2D eigenvalue weighted by Gasteiger charge is -2.07. The smallest absolute Gasteiger partial charge is 0.255 e. The Morgan fingerprint density at radius 1 is 1.25 bits per heavy atom. The number of rotatable bonds is 2. The lowest BCUT2D eigenvalue weighted by atomic mass is 10.1. The lowest BCUT2D eigenvalue weighted by molar-refractivity contribution is 0.102. The molecule has 1 heterocycles. The minimum absolute atomic E-state index is 0.180. The average molecular weight is 269 g/mol.